The maximum absolute atomic E-state index is 11.4. The molecule has 2 atom stereocenters. The van der Waals surface area contributed by atoms with Gasteiger partial charge in [-0.1, -0.05) is 32.9 Å². The Labute approximate surface area is 105 Å². The van der Waals surface area contributed by atoms with Crippen LogP contribution in [0.2, 0.25) is 0 Å². The Morgan fingerprint density at radius 2 is 1.88 bits per heavy atom. The minimum Gasteiger partial charge on any atom is -0.306 e. The van der Waals surface area contributed by atoms with Gasteiger partial charge in [0.1, 0.15) is 0 Å². The SMILES string of the molecule is CC(C)(C)CC(c1ccc(C#N)cc1)S(=O)O. The maximum atomic E-state index is 11.4. The van der Waals surface area contributed by atoms with E-state index < -0.39 is 16.3 Å². The van der Waals surface area contributed by atoms with Crippen molar-refractivity contribution in [3.05, 3.63) is 35.4 Å². The van der Waals surface area contributed by atoms with Crippen LogP contribution in [-0.2, 0) is 11.1 Å². The molecule has 4 heteroatoms. The van der Waals surface area contributed by atoms with E-state index in [2.05, 4.69) is 0 Å². The Morgan fingerprint density at radius 3 is 2.24 bits per heavy atom. The molecule has 0 saturated carbocycles. The Kier molecular flexibility index (Phi) is 4.44. The molecule has 0 aliphatic carbocycles. The van der Waals surface area contributed by atoms with Crippen LogP contribution in [0.1, 0.15) is 43.6 Å². The van der Waals surface area contributed by atoms with Crippen molar-refractivity contribution in [2.45, 2.75) is 32.4 Å². The highest BCUT2D eigenvalue weighted by Gasteiger charge is 2.24. The van der Waals surface area contributed by atoms with Crippen molar-refractivity contribution in [3.63, 3.8) is 0 Å². The summed E-state index contributed by atoms with van der Waals surface area (Å²) < 4.78 is 20.7. The van der Waals surface area contributed by atoms with E-state index >= 15 is 0 Å². The van der Waals surface area contributed by atoms with Crippen LogP contribution in [0.5, 0.6) is 0 Å². The highest BCUT2D eigenvalue weighted by molar-refractivity contribution is 7.79. The summed E-state index contributed by atoms with van der Waals surface area (Å²) in [6.45, 7) is 6.11. The van der Waals surface area contributed by atoms with Crippen LogP contribution in [0.25, 0.3) is 0 Å². The molecule has 1 aromatic carbocycles. The van der Waals surface area contributed by atoms with Crippen LogP contribution in [-0.4, -0.2) is 8.76 Å². The minimum atomic E-state index is -1.89. The molecule has 3 nitrogen and oxygen atoms in total. The molecule has 2 unspecified atom stereocenters. The lowest BCUT2D eigenvalue weighted by Gasteiger charge is -2.23. The molecule has 92 valence electrons. The summed E-state index contributed by atoms with van der Waals surface area (Å²) in [6.07, 6.45) is 0.627. The molecule has 17 heavy (non-hydrogen) atoms. The standard InChI is InChI=1S/C13H17NO2S/c1-13(2,3)8-12(17(15)16)11-6-4-10(9-14)5-7-11/h4-7,12H,8H2,1-3H3,(H,15,16). The highest BCUT2D eigenvalue weighted by atomic mass is 32.2. The van der Waals surface area contributed by atoms with Crippen molar-refractivity contribution in [2.24, 2.45) is 5.41 Å². The first kappa shape index (κ1) is 13.9. The van der Waals surface area contributed by atoms with Crippen LogP contribution in [0.15, 0.2) is 24.3 Å². The second-order valence-corrected chi connectivity index (χ2v) is 6.38. The third-order valence-electron chi connectivity index (χ3n) is 2.45. The number of hydrogen-bond donors (Lipinski definition) is 1. The molecular weight excluding hydrogens is 234 g/mol. The monoisotopic (exact) mass is 251 g/mol. The molecule has 0 radical (unpaired) electrons. The molecule has 0 fully saturated rings. The summed E-state index contributed by atoms with van der Waals surface area (Å²) in [5.74, 6) is 0. The first-order chi connectivity index (χ1) is 7.83. The quantitative estimate of drug-likeness (QED) is 0.839. The molecule has 0 amide bonds. The van der Waals surface area contributed by atoms with E-state index in [-0.39, 0.29) is 5.41 Å². The number of benzene rings is 1. The second-order valence-electron chi connectivity index (χ2n) is 5.26. The van der Waals surface area contributed by atoms with E-state index in [0.717, 1.165) is 5.56 Å². The number of nitrogens with zero attached hydrogens (tertiary/aromatic N) is 1. The normalized spacial score (nSPS) is 15.0. The Morgan fingerprint density at radius 1 is 1.35 bits per heavy atom. The summed E-state index contributed by atoms with van der Waals surface area (Å²) >= 11 is -1.89. The Hall–Kier alpha value is -1.18. The lowest BCUT2D eigenvalue weighted by molar-refractivity contribution is 0.365. The van der Waals surface area contributed by atoms with Crippen LogP contribution < -0.4 is 0 Å². The van der Waals surface area contributed by atoms with Gasteiger partial charge in [0.15, 0.2) is 11.1 Å². The largest absolute Gasteiger partial charge is 0.306 e. The van der Waals surface area contributed by atoms with Crippen molar-refractivity contribution < 1.29 is 8.76 Å². The van der Waals surface area contributed by atoms with Gasteiger partial charge in [-0.25, -0.2) is 4.21 Å². The van der Waals surface area contributed by atoms with Gasteiger partial charge in [-0.2, -0.15) is 5.26 Å². The van der Waals surface area contributed by atoms with Gasteiger partial charge in [-0.3, -0.25) is 0 Å². The summed E-state index contributed by atoms with van der Waals surface area (Å²) in [5.41, 5.74) is 1.35. The number of nitriles is 1. The van der Waals surface area contributed by atoms with Gasteiger partial charge in [-0.15, -0.1) is 0 Å². The first-order valence-corrected chi connectivity index (χ1v) is 6.60. The summed E-state index contributed by atoms with van der Waals surface area (Å²) in [7, 11) is 0. The molecule has 0 aromatic heterocycles. The van der Waals surface area contributed by atoms with Crippen LogP contribution in [0.3, 0.4) is 0 Å². The fourth-order valence-corrected chi connectivity index (χ4v) is 2.67. The van der Waals surface area contributed by atoms with Gasteiger partial charge in [0.25, 0.3) is 0 Å². The predicted octanol–water partition coefficient (Wildman–Crippen LogP) is 3.26. The molecule has 1 aromatic rings. The maximum Gasteiger partial charge on any atom is 0.160 e. The molecule has 0 heterocycles. The average Bonchev–Trinajstić information content (AvgIpc) is 2.25. The molecule has 1 rings (SSSR count). The average molecular weight is 251 g/mol. The molecule has 0 bridgehead atoms. The number of hydrogen-bond acceptors (Lipinski definition) is 2. The zero-order chi connectivity index (χ0) is 13.1. The summed E-state index contributed by atoms with van der Waals surface area (Å²) in [5, 5.41) is 8.30. The van der Waals surface area contributed by atoms with E-state index in [4.69, 9.17) is 5.26 Å². The lowest BCUT2D eigenvalue weighted by atomic mass is 9.88. The zero-order valence-corrected chi connectivity index (χ0v) is 11.1. The van der Waals surface area contributed by atoms with Gasteiger partial charge < -0.3 is 4.55 Å². The summed E-state index contributed by atoms with van der Waals surface area (Å²) in [6, 6.07) is 8.90. The van der Waals surface area contributed by atoms with E-state index in [9.17, 15) is 8.76 Å². The van der Waals surface area contributed by atoms with Gasteiger partial charge in [-0.05, 0) is 29.5 Å². The van der Waals surface area contributed by atoms with Crippen molar-refractivity contribution in [1.29, 1.82) is 5.26 Å². The summed E-state index contributed by atoms with van der Waals surface area (Å²) in [4.78, 5) is 0. The van der Waals surface area contributed by atoms with Crippen LogP contribution in [0.4, 0.5) is 0 Å². The van der Waals surface area contributed by atoms with E-state index in [1.807, 2.05) is 26.8 Å². The van der Waals surface area contributed by atoms with E-state index in [1.165, 1.54) is 0 Å². The van der Waals surface area contributed by atoms with E-state index in [1.54, 1.807) is 24.3 Å². The van der Waals surface area contributed by atoms with Crippen molar-refractivity contribution in [1.82, 2.24) is 0 Å². The molecule has 0 saturated heterocycles. The van der Waals surface area contributed by atoms with Gasteiger partial charge in [0.2, 0.25) is 0 Å². The zero-order valence-electron chi connectivity index (χ0n) is 10.3. The van der Waals surface area contributed by atoms with Crippen LogP contribution in [0, 0.1) is 16.7 Å². The van der Waals surface area contributed by atoms with E-state index in [0.29, 0.717) is 12.0 Å². The fraction of sp³-hybridized carbons (Fsp3) is 0.462. The minimum absolute atomic E-state index is 0.0169. The molecule has 1 N–H and O–H groups in total. The molecule has 0 spiro atoms. The van der Waals surface area contributed by atoms with Gasteiger partial charge >= 0.3 is 0 Å². The smallest absolute Gasteiger partial charge is 0.160 e. The number of rotatable bonds is 3. The molecular formula is C13H17NO2S. The lowest BCUT2D eigenvalue weighted by Crippen LogP contribution is -2.15. The third-order valence-corrected chi connectivity index (χ3v) is 3.38. The van der Waals surface area contributed by atoms with Crippen molar-refractivity contribution in [3.8, 4) is 6.07 Å². The fourth-order valence-electron chi connectivity index (χ4n) is 1.63. The predicted molar refractivity (Wildman–Crippen MR) is 68.7 cm³/mol. The van der Waals surface area contributed by atoms with Gasteiger partial charge in [0, 0.05) is 0 Å². The van der Waals surface area contributed by atoms with Gasteiger partial charge in [0.05, 0.1) is 16.9 Å². The molecule has 0 aliphatic heterocycles. The Bertz CT molecular complexity index is 440. The topological polar surface area (TPSA) is 61.1 Å². The second kappa shape index (κ2) is 5.44. The van der Waals surface area contributed by atoms with Crippen LogP contribution >= 0.6 is 0 Å². The van der Waals surface area contributed by atoms with Crippen molar-refractivity contribution in [2.75, 3.05) is 0 Å². The third kappa shape index (κ3) is 4.29. The van der Waals surface area contributed by atoms with Crippen molar-refractivity contribution >= 4 is 11.1 Å². The first-order valence-electron chi connectivity index (χ1n) is 5.43. The molecule has 0 aliphatic rings. The Balaban J connectivity index is 2.99. The highest BCUT2D eigenvalue weighted by Crippen LogP contribution is 2.33.